The highest BCUT2D eigenvalue weighted by Crippen LogP contribution is 2.22. The van der Waals surface area contributed by atoms with Gasteiger partial charge in [0, 0.05) is 58.4 Å². The molecular weight excluding hydrogens is 350 g/mol. The summed E-state index contributed by atoms with van der Waals surface area (Å²) in [5.74, 6) is 1.49. The van der Waals surface area contributed by atoms with Crippen molar-refractivity contribution in [2.24, 2.45) is 0 Å². The summed E-state index contributed by atoms with van der Waals surface area (Å²) >= 11 is 9.38. The third-order valence-electron chi connectivity index (χ3n) is 3.16. The first-order valence-electron chi connectivity index (χ1n) is 6.12. The Morgan fingerprint density at radius 3 is 2.68 bits per heavy atom. The van der Waals surface area contributed by atoms with E-state index < -0.39 is 10.8 Å². The van der Waals surface area contributed by atoms with E-state index in [-0.39, 0.29) is 5.78 Å². The van der Waals surface area contributed by atoms with Crippen molar-refractivity contribution in [2.45, 2.75) is 6.42 Å². The lowest BCUT2D eigenvalue weighted by Crippen LogP contribution is -2.38. The highest BCUT2D eigenvalue weighted by molar-refractivity contribution is 9.10. The Balaban J connectivity index is 1.89. The van der Waals surface area contributed by atoms with Crippen molar-refractivity contribution >= 4 is 44.1 Å². The zero-order valence-corrected chi connectivity index (χ0v) is 13.6. The molecule has 0 N–H and O–H groups in total. The van der Waals surface area contributed by atoms with Crippen LogP contribution in [0.1, 0.15) is 16.8 Å². The Bertz CT molecular complexity index is 499. The van der Waals surface area contributed by atoms with Gasteiger partial charge in [0.1, 0.15) is 0 Å². The highest BCUT2D eigenvalue weighted by atomic mass is 79.9. The molecule has 0 amide bonds. The van der Waals surface area contributed by atoms with Gasteiger partial charge in [0.15, 0.2) is 5.78 Å². The van der Waals surface area contributed by atoms with Crippen LogP contribution in [0, 0.1) is 0 Å². The molecule has 19 heavy (non-hydrogen) atoms. The molecule has 0 aliphatic carbocycles. The van der Waals surface area contributed by atoms with E-state index >= 15 is 0 Å². The second-order valence-electron chi connectivity index (χ2n) is 4.49. The van der Waals surface area contributed by atoms with Gasteiger partial charge in [-0.25, -0.2) is 0 Å². The fraction of sp³-hybridized carbons (Fsp3) is 0.462. The number of halogens is 2. The van der Waals surface area contributed by atoms with E-state index in [1.807, 2.05) is 6.07 Å². The fourth-order valence-corrected chi connectivity index (χ4v) is 3.92. The molecule has 1 fully saturated rings. The second-order valence-corrected chi connectivity index (χ2v) is 7.51. The van der Waals surface area contributed by atoms with Crippen LogP contribution in [0.5, 0.6) is 0 Å². The van der Waals surface area contributed by atoms with Crippen molar-refractivity contribution in [1.82, 2.24) is 4.90 Å². The average molecular weight is 365 g/mol. The van der Waals surface area contributed by atoms with E-state index in [0.717, 1.165) is 17.6 Å². The van der Waals surface area contributed by atoms with Crippen LogP contribution in [0.25, 0.3) is 0 Å². The van der Waals surface area contributed by atoms with E-state index in [1.165, 1.54) is 0 Å². The molecule has 1 saturated heterocycles. The first-order valence-corrected chi connectivity index (χ1v) is 8.78. The minimum absolute atomic E-state index is 0.0594. The molecular formula is C13H15BrClNO2S. The Hall–Kier alpha value is -0.230. The maximum Gasteiger partial charge on any atom is 0.165 e. The van der Waals surface area contributed by atoms with Crippen molar-refractivity contribution < 1.29 is 9.00 Å². The summed E-state index contributed by atoms with van der Waals surface area (Å²) in [4.78, 5) is 14.3. The molecule has 0 aromatic heterocycles. The smallest absolute Gasteiger partial charge is 0.165 e. The predicted molar refractivity (Wildman–Crippen MR) is 82.4 cm³/mol. The standard InChI is InChI=1S/C13H15BrClNO2S/c14-10-1-2-11(12(15)9-10)13(17)3-4-16-5-7-19(18)8-6-16/h1-2,9H,3-8H2. The van der Waals surface area contributed by atoms with Gasteiger partial charge in [-0.05, 0) is 18.2 Å². The summed E-state index contributed by atoms with van der Waals surface area (Å²) in [6.45, 7) is 2.34. The second kappa shape index (κ2) is 6.97. The lowest BCUT2D eigenvalue weighted by molar-refractivity contribution is 0.0966. The first kappa shape index (κ1) is 15.2. The number of hydrogen-bond donors (Lipinski definition) is 0. The molecule has 0 unspecified atom stereocenters. The summed E-state index contributed by atoms with van der Waals surface area (Å²) in [6, 6.07) is 5.31. The largest absolute Gasteiger partial charge is 0.301 e. The van der Waals surface area contributed by atoms with Gasteiger partial charge < -0.3 is 4.90 Å². The SMILES string of the molecule is O=C(CCN1CCS(=O)CC1)c1ccc(Br)cc1Cl. The normalized spacial score (nSPS) is 17.6. The zero-order valence-electron chi connectivity index (χ0n) is 10.4. The lowest BCUT2D eigenvalue weighted by atomic mass is 10.1. The van der Waals surface area contributed by atoms with Crippen molar-refractivity contribution in [1.29, 1.82) is 0 Å². The summed E-state index contributed by atoms with van der Waals surface area (Å²) in [6.07, 6.45) is 0.452. The molecule has 0 spiro atoms. The molecule has 3 nitrogen and oxygen atoms in total. The molecule has 1 aromatic rings. The van der Waals surface area contributed by atoms with Gasteiger partial charge >= 0.3 is 0 Å². The van der Waals surface area contributed by atoms with Gasteiger partial charge in [-0.1, -0.05) is 27.5 Å². The van der Waals surface area contributed by atoms with Gasteiger partial charge in [-0.3, -0.25) is 9.00 Å². The van der Waals surface area contributed by atoms with Crippen LogP contribution < -0.4 is 0 Å². The molecule has 6 heteroatoms. The van der Waals surface area contributed by atoms with Crippen LogP contribution >= 0.6 is 27.5 Å². The van der Waals surface area contributed by atoms with Crippen molar-refractivity contribution in [2.75, 3.05) is 31.1 Å². The van der Waals surface area contributed by atoms with Gasteiger partial charge in [-0.15, -0.1) is 0 Å². The van der Waals surface area contributed by atoms with Crippen LogP contribution in [-0.2, 0) is 10.8 Å². The van der Waals surface area contributed by atoms with E-state index in [2.05, 4.69) is 20.8 Å². The summed E-state index contributed by atoms with van der Waals surface area (Å²) < 4.78 is 12.1. The number of Topliss-reactive ketones (excluding diaryl/α,β-unsaturated/α-hetero) is 1. The van der Waals surface area contributed by atoms with E-state index in [0.29, 0.717) is 35.1 Å². The van der Waals surface area contributed by atoms with Gasteiger partial charge in [0.25, 0.3) is 0 Å². The van der Waals surface area contributed by atoms with Crippen LogP contribution in [-0.4, -0.2) is 46.0 Å². The number of benzene rings is 1. The molecule has 1 aliphatic heterocycles. The maximum absolute atomic E-state index is 12.1. The molecule has 104 valence electrons. The van der Waals surface area contributed by atoms with E-state index in [4.69, 9.17) is 11.6 Å². The Morgan fingerprint density at radius 1 is 1.37 bits per heavy atom. The summed E-state index contributed by atoms with van der Waals surface area (Å²) in [7, 11) is -0.670. The number of rotatable bonds is 4. The third-order valence-corrected chi connectivity index (χ3v) is 5.24. The maximum atomic E-state index is 12.1. The molecule has 1 aliphatic rings. The van der Waals surface area contributed by atoms with Crippen molar-refractivity contribution in [3.8, 4) is 0 Å². The lowest BCUT2D eigenvalue weighted by Gasteiger charge is -2.25. The fourth-order valence-electron chi connectivity index (χ4n) is 2.01. The topological polar surface area (TPSA) is 37.4 Å². The highest BCUT2D eigenvalue weighted by Gasteiger charge is 2.17. The molecule has 1 aromatic carbocycles. The number of ketones is 1. The predicted octanol–water partition coefficient (Wildman–Crippen LogP) is 2.74. The molecule has 0 atom stereocenters. The summed E-state index contributed by atoms with van der Waals surface area (Å²) in [5.41, 5.74) is 0.574. The minimum Gasteiger partial charge on any atom is -0.301 e. The molecule has 1 heterocycles. The van der Waals surface area contributed by atoms with Crippen molar-refractivity contribution in [3.05, 3.63) is 33.3 Å². The number of hydrogen-bond acceptors (Lipinski definition) is 3. The molecule has 0 saturated carbocycles. The summed E-state index contributed by atoms with van der Waals surface area (Å²) in [5, 5.41) is 0.485. The van der Waals surface area contributed by atoms with Crippen LogP contribution in [0.15, 0.2) is 22.7 Å². The van der Waals surface area contributed by atoms with Crippen molar-refractivity contribution in [3.63, 3.8) is 0 Å². The Labute approximate surface area is 128 Å². The molecule has 0 bridgehead atoms. The third kappa shape index (κ3) is 4.38. The average Bonchev–Trinajstić information content (AvgIpc) is 2.37. The number of carbonyl (C=O) groups excluding carboxylic acids is 1. The van der Waals surface area contributed by atoms with Crippen LogP contribution in [0.4, 0.5) is 0 Å². The van der Waals surface area contributed by atoms with Crippen LogP contribution in [0.3, 0.4) is 0 Å². The monoisotopic (exact) mass is 363 g/mol. The quantitative estimate of drug-likeness (QED) is 0.771. The van der Waals surface area contributed by atoms with Gasteiger partial charge in [-0.2, -0.15) is 0 Å². The van der Waals surface area contributed by atoms with E-state index in [1.54, 1.807) is 12.1 Å². The molecule has 2 rings (SSSR count). The minimum atomic E-state index is -0.670. The zero-order chi connectivity index (χ0) is 13.8. The Kier molecular flexibility index (Phi) is 5.57. The number of nitrogens with zero attached hydrogens (tertiary/aromatic N) is 1. The number of carbonyl (C=O) groups is 1. The van der Waals surface area contributed by atoms with Gasteiger partial charge in [0.2, 0.25) is 0 Å². The molecule has 0 radical (unpaired) electrons. The van der Waals surface area contributed by atoms with Gasteiger partial charge in [0.05, 0.1) is 5.02 Å². The first-order chi connectivity index (χ1) is 9.06. The van der Waals surface area contributed by atoms with E-state index in [9.17, 15) is 9.00 Å². The Morgan fingerprint density at radius 2 is 2.05 bits per heavy atom. The van der Waals surface area contributed by atoms with Crippen LogP contribution in [0.2, 0.25) is 5.02 Å².